The maximum absolute atomic E-state index is 8.92. The largest absolute Gasteiger partial charge is 0.342 e. The molecule has 1 aromatic heterocycles. The van der Waals surface area contributed by atoms with E-state index in [0.717, 1.165) is 22.4 Å². The minimum absolute atomic E-state index is 0.266. The zero-order valence-corrected chi connectivity index (χ0v) is 8.70. The first-order chi connectivity index (χ1) is 7.24. The van der Waals surface area contributed by atoms with Gasteiger partial charge in [-0.05, 0) is 31.7 Å². The van der Waals surface area contributed by atoms with E-state index >= 15 is 0 Å². The normalized spacial score (nSPS) is 12.6. The molecule has 1 atom stereocenters. The van der Waals surface area contributed by atoms with Crippen LogP contribution >= 0.6 is 0 Å². The summed E-state index contributed by atoms with van der Waals surface area (Å²) in [6.45, 7) is 1.92. The van der Waals surface area contributed by atoms with Gasteiger partial charge in [-0.25, -0.2) is 4.98 Å². The molecule has 0 aliphatic rings. The number of aryl methyl sites for hydroxylation is 1. The Bertz CT molecular complexity index is 521. The van der Waals surface area contributed by atoms with Gasteiger partial charge in [0.05, 0.1) is 17.1 Å². The van der Waals surface area contributed by atoms with Gasteiger partial charge in [-0.2, -0.15) is 5.26 Å². The summed E-state index contributed by atoms with van der Waals surface area (Å²) < 4.78 is 0. The van der Waals surface area contributed by atoms with Crippen molar-refractivity contribution in [1.29, 1.82) is 5.26 Å². The Morgan fingerprint density at radius 3 is 3.00 bits per heavy atom. The number of hydrogen-bond donors (Lipinski definition) is 2. The molecule has 0 aliphatic heterocycles. The van der Waals surface area contributed by atoms with Gasteiger partial charge in [0.15, 0.2) is 0 Å². The standard InChI is InChI=1S/C11H12N4/c1-7-14-9-4-3-8(5-10(9)15-7)11(6-12)13-2/h3-5,11,13H,1-2H3,(H,14,15). The number of nitrogens with one attached hydrogen (secondary N) is 2. The number of hydrogen-bond acceptors (Lipinski definition) is 3. The van der Waals surface area contributed by atoms with Crippen molar-refractivity contribution < 1.29 is 0 Å². The summed E-state index contributed by atoms with van der Waals surface area (Å²) in [5, 5.41) is 11.9. The Morgan fingerprint density at radius 2 is 2.33 bits per heavy atom. The van der Waals surface area contributed by atoms with E-state index in [2.05, 4.69) is 21.4 Å². The van der Waals surface area contributed by atoms with Crippen LogP contribution in [0.5, 0.6) is 0 Å². The SMILES string of the molecule is CNC(C#N)c1ccc2nc(C)[nH]c2c1. The second kappa shape index (κ2) is 3.71. The Kier molecular flexibility index (Phi) is 2.40. The predicted octanol–water partition coefficient (Wildman–Crippen LogP) is 1.66. The topological polar surface area (TPSA) is 64.5 Å². The quantitative estimate of drug-likeness (QED) is 0.774. The summed E-state index contributed by atoms with van der Waals surface area (Å²) in [6, 6.07) is 7.74. The molecule has 4 nitrogen and oxygen atoms in total. The van der Waals surface area contributed by atoms with Crippen molar-refractivity contribution in [3.63, 3.8) is 0 Å². The molecule has 15 heavy (non-hydrogen) atoms. The molecule has 0 fully saturated rings. The van der Waals surface area contributed by atoms with Crippen molar-refractivity contribution >= 4 is 11.0 Å². The lowest BCUT2D eigenvalue weighted by atomic mass is 10.1. The van der Waals surface area contributed by atoms with E-state index < -0.39 is 0 Å². The van der Waals surface area contributed by atoms with Crippen LogP contribution in [0.1, 0.15) is 17.4 Å². The lowest BCUT2D eigenvalue weighted by molar-refractivity contribution is 0.728. The third-order valence-corrected chi connectivity index (χ3v) is 2.38. The number of nitrogens with zero attached hydrogens (tertiary/aromatic N) is 2. The number of aromatic nitrogens is 2. The van der Waals surface area contributed by atoms with Crippen LogP contribution in [-0.2, 0) is 0 Å². The highest BCUT2D eigenvalue weighted by atomic mass is 14.9. The Hall–Kier alpha value is -1.86. The molecule has 1 unspecified atom stereocenters. The molecule has 76 valence electrons. The molecule has 1 aromatic carbocycles. The zero-order valence-electron chi connectivity index (χ0n) is 8.70. The first kappa shape index (κ1) is 9.69. The van der Waals surface area contributed by atoms with Gasteiger partial charge in [0.1, 0.15) is 11.9 Å². The number of nitriles is 1. The minimum atomic E-state index is -0.266. The van der Waals surface area contributed by atoms with Crippen LogP contribution in [0.15, 0.2) is 18.2 Å². The molecule has 1 heterocycles. The lowest BCUT2D eigenvalue weighted by Gasteiger charge is -2.06. The first-order valence-corrected chi connectivity index (χ1v) is 4.77. The Labute approximate surface area is 87.9 Å². The Balaban J connectivity index is 2.51. The van der Waals surface area contributed by atoms with Crippen LogP contribution in [0.4, 0.5) is 0 Å². The van der Waals surface area contributed by atoms with Gasteiger partial charge in [0.2, 0.25) is 0 Å². The van der Waals surface area contributed by atoms with Crippen LogP contribution in [-0.4, -0.2) is 17.0 Å². The van der Waals surface area contributed by atoms with E-state index in [4.69, 9.17) is 5.26 Å². The van der Waals surface area contributed by atoms with E-state index in [0.29, 0.717) is 0 Å². The molecule has 0 aliphatic carbocycles. The number of fused-ring (bicyclic) bond motifs is 1. The number of imidazole rings is 1. The van der Waals surface area contributed by atoms with E-state index in [1.165, 1.54) is 0 Å². The van der Waals surface area contributed by atoms with Crippen LogP contribution < -0.4 is 5.32 Å². The molecule has 4 heteroatoms. The summed E-state index contributed by atoms with van der Waals surface area (Å²) in [5.74, 6) is 0.889. The maximum Gasteiger partial charge on any atom is 0.121 e. The molecule has 2 rings (SSSR count). The Morgan fingerprint density at radius 1 is 1.53 bits per heavy atom. The molecule has 0 saturated heterocycles. The molecule has 2 N–H and O–H groups in total. The van der Waals surface area contributed by atoms with Gasteiger partial charge in [-0.15, -0.1) is 0 Å². The highest BCUT2D eigenvalue weighted by molar-refractivity contribution is 5.76. The van der Waals surface area contributed by atoms with Gasteiger partial charge in [-0.3, -0.25) is 0 Å². The second-order valence-electron chi connectivity index (χ2n) is 3.45. The van der Waals surface area contributed by atoms with Crippen molar-refractivity contribution in [2.45, 2.75) is 13.0 Å². The van der Waals surface area contributed by atoms with Crippen molar-refractivity contribution in [3.05, 3.63) is 29.6 Å². The fraction of sp³-hybridized carbons (Fsp3) is 0.273. The smallest absolute Gasteiger partial charge is 0.121 e. The molecule has 0 saturated carbocycles. The maximum atomic E-state index is 8.92. The van der Waals surface area contributed by atoms with Crippen LogP contribution in [0.3, 0.4) is 0 Å². The van der Waals surface area contributed by atoms with Gasteiger partial charge >= 0.3 is 0 Å². The summed E-state index contributed by atoms with van der Waals surface area (Å²) in [5.41, 5.74) is 2.86. The molecule has 0 spiro atoms. The van der Waals surface area contributed by atoms with E-state index in [-0.39, 0.29) is 6.04 Å². The van der Waals surface area contributed by atoms with Crippen molar-refractivity contribution in [1.82, 2.24) is 15.3 Å². The first-order valence-electron chi connectivity index (χ1n) is 4.77. The summed E-state index contributed by atoms with van der Waals surface area (Å²) in [4.78, 5) is 7.46. The van der Waals surface area contributed by atoms with E-state index in [1.54, 1.807) is 7.05 Å². The molecule has 0 radical (unpaired) electrons. The minimum Gasteiger partial charge on any atom is -0.342 e. The van der Waals surface area contributed by atoms with Gasteiger partial charge in [0, 0.05) is 0 Å². The number of benzene rings is 1. The second-order valence-corrected chi connectivity index (χ2v) is 3.45. The number of H-pyrrole nitrogens is 1. The zero-order chi connectivity index (χ0) is 10.8. The molecular weight excluding hydrogens is 188 g/mol. The summed E-state index contributed by atoms with van der Waals surface area (Å²) in [6.07, 6.45) is 0. The van der Waals surface area contributed by atoms with Gasteiger partial charge in [0.25, 0.3) is 0 Å². The summed E-state index contributed by atoms with van der Waals surface area (Å²) in [7, 11) is 1.77. The average molecular weight is 200 g/mol. The van der Waals surface area contributed by atoms with Crippen molar-refractivity contribution in [2.75, 3.05) is 7.05 Å². The van der Waals surface area contributed by atoms with E-state index in [9.17, 15) is 0 Å². The molecule has 0 bridgehead atoms. The average Bonchev–Trinajstić information content (AvgIpc) is 2.59. The fourth-order valence-corrected chi connectivity index (χ4v) is 1.64. The monoisotopic (exact) mass is 200 g/mol. The molecular formula is C11H12N4. The number of aromatic amines is 1. The van der Waals surface area contributed by atoms with Gasteiger partial charge < -0.3 is 10.3 Å². The fourth-order valence-electron chi connectivity index (χ4n) is 1.64. The molecule has 2 aromatic rings. The molecule has 0 amide bonds. The third kappa shape index (κ3) is 1.69. The third-order valence-electron chi connectivity index (χ3n) is 2.38. The van der Waals surface area contributed by atoms with Crippen molar-refractivity contribution in [2.24, 2.45) is 0 Å². The lowest BCUT2D eigenvalue weighted by Crippen LogP contribution is -2.13. The summed E-state index contributed by atoms with van der Waals surface area (Å²) >= 11 is 0. The van der Waals surface area contributed by atoms with Crippen LogP contribution in [0.2, 0.25) is 0 Å². The predicted molar refractivity (Wildman–Crippen MR) is 58.2 cm³/mol. The van der Waals surface area contributed by atoms with Crippen molar-refractivity contribution in [3.8, 4) is 6.07 Å². The number of rotatable bonds is 2. The highest BCUT2D eigenvalue weighted by Gasteiger charge is 2.08. The van der Waals surface area contributed by atoms with Crippen LogP contribution in [0, 0.1) is 18.3 Å². The van der Waals surface area contributed by atoms with E-state index in [1.807, 2.05) is 25.1 Å². The van der Waals surface area contributed by atoms with Crippen LogP contribution in [0.25, 0.3) is 11.0 Å². The van der Waals surface area contributed by atoms with Gasteiger partial charge in [-0.1, -0.05) is 6.07 Å². The highest BCUT2D eigenvalue weighted by Crippen LogP contribution is 2.18.